The van der Waals surface area contributed by atoms with Gasteiger partial charge in [-0.2, -0.15) is 0 Å². The third-order valence-electron chi connectivity index (χ3n) is 5.79. The average Bonchev–Trinajstić information content (AvgIpc) is 2.97. The predicted molar refractivity (Wildman–Crippen MR) is 133 cm³/mol. The van der Waals surface area contributed by atoms with Crippen molar-refractivity contribution in [3.63, 3.8) is 0 Å². The third-order valence-corrected chi connectivity index (χ3v) is 7.35. The Morgan fingerprint density at radius 1 is 0.667 bits per heavy atom. The Kier molecular flexibility index (Phi) is 5.66. The molecule has 0 heterocycles. The third kappa shape index (κ3) is 4.27. The summed E-state index contributed by atoms with van der Waals surface area (Å²) >= 11 is 0. The van der Waals surface area contributed by atoms with Gasteiger partial charge >= 0.3 is 0 Å². The Labute approximate surface area is 184 Å². The molecule has 3 aromatic carbocycles. The number of aryl methyl sites for hydroxylation is 4. The van der Waals surface area contributed by atoms with Crippen molar-refractivity contribution in [2.75, 3.05) is 0 Å². The van der Waals surface area contributed by atoms with Gasteiger partial charge in [0.2, 0.25) is 0 Å². The lowest BCUT2D eigenvalue weighted by Gasteiger charge is -2.18. The predicted octanol–water partition coefficient (Wildman–Crippen LogP) is 7.21. The molecule has 0 saturated heterocycles. The molecule has 0 N–H and O–H groups in total. The number of rotatable bonds is 4. The van der Waals surface area contributed by atoms with Crippen LogP contribution in [0.3, 0.4) is 0 Å². The first-order valence-corrected chi connectivity index (χ1v) is 11.7. The van der Waals surface area contributed by atoms with Crippen molar-refractivity contribution < 1.29 is 0 Å². The van der Waals surface area contributed by atoms with Gasteiger partial charge in [0.1, 0.15) is 9.52 Å². The number of hydrogen-bond acceptors (Lipinski definition) is 0. The summed E-state index contributed by atoms with van der Waals surface area (Å²) in [4.78, 5) is 0. The molecule has 2 radical (unpaired) electrons. The van der Waals surface area contributed by atoms with Gasteiger partial charge in [0.15, 0.2) is 0 Å². The van der Waals surface area contributed by atoms with Crippen LogP contribution in [0, 0.1) is 27.7 Å². The molecule has 0 amide bonds. The molecular weight excluding hydrogens is 376 g/mol. The van der Waals surface area contributed by atoms with E-state index in [-0.39, 0.29) is 0 Å². The van der Waals surface area contributed by atoms with Crippen LogP contribution in [0.15, 0.2) is 77.0 Å². The van der Waals surface area contributed by atoms with Crippen LogP contribution in [0.2, 0.25) is 0 Å². The van der Waals surface area contributed by atoms with Crippen LogP contribution in [0.4, 0.5) is 0 Å². The van der Waals surface area contributed by atoms with Crippen LogP contribution in [-0.2, 0) is 0 Å². The van der Waals surface area contributed by atoms with E-state index >= 15 is 0 Å². The van der Waals surface area contributed by atoms with Crippen LogP contribution in [0.25, 0.3) is 22.3 Å². The summed E-state index contributed by atoms with van der Waals surface area (Å²) < 4.78 is 0. The van der Waals surface area contributed by atoms with Crippen LogP contribution < -0.4 is 5.19 Å². The molecule has 4 rings (SSSR count). The molecular formula is C29H30Si. The van der Waals surface area contributed by atoms with Gasteiger partial charge in [-0.25, -0.2) is 0 Å². The molecule has 0 bridgehead atoms. The number of hydrogen-bond donors (Lipinski definition) is 0. The van der Waals surface area contributed by atoms with Crippen LogP contribution >= 0.6 is 0 Å². The largest absolute Gasteiger partial charge is 0.117 e. The van der Waals surface area contributed by atoms with Gasteiger partial charge in [-0.15, -0.1) is 0 Å². The van der Waals surface area contributed by atoms with Crippen LogP contribution in [0.1, 0.15) is 42.5 Å². The summed E-state index contributed by atoms with van der Waals surface area (Å²) in [6.45, 7) is 13.3. The van der Waals surface area contributed by atoms with E-state index in [0.29, 0.717) is 9.52 Å². The van der Waals surface area contributed by atoms with E-state index < -0.39 is 0 Å². The first kappa shape index (κ1) is 20.6. The minimum absolute atomic E-state index is 0.706. The molecule has 0 atom stereocenters. The zero-order valence-electron chi connectivity index (χ0n) is 19.0. The average molecular weight is 407 g/mol. The minimum Gasteiger partial charge on any atom is -0.0725 e. The zero-order valence-corrected chi connectivity index (χ0v) is 20.0. The summed E-state index contributed by atoms with van der Waals surface area (Å²) in [5.74, 6) is 0. The van der Waals surface area contributed by atoms with E-state index in [1.54, 1.807) is 5.20 Å². The second-order valence-electron chi connectivity index (χ2n) is 8.93. The lowest BCUT2D eigenvalue weighted by molar-refractivity contribution is 1.22. The SMILES string of the molecule is CC1=CC(C)=C([Si]c2cccc(-c3cc(C)cc(C)c3)c2-c2cc(C)cc(C)c2)C1. The Hall–Kier alpha value is -2.64. The maximum Gasteiger partial charge on any atom is 0.117 e. The molecule has 0 aliphatic heterocycles. The number of benzene rings is 3. The van der Waals surface area contributed by atoms with E-state index in [4.69, 9.17) is 0 Å². The molecule has 0 aromatic heterocycles. The van der Waals surface area contributed by atoms with E-state index in [2.05, 4.69) is 102 Å². The van der Waals surface area contributed by atoms with Gasteiger partial charge < -0.3 is 0 Å². The summed E-state index contributed by atoms with van der Waals surface area (Å²) in [6, 6.07) is 20.8. The smallest absolute Gasteiger partial charge is 0.0725 e. The highest BCUT2D eigenvalue weighted by Gasteiger charge is 2.18. The summed E-state index contributed by atoms with van der Waals surface area (Å²) in [7, 11) is 0.706. The van der Waals surface area contributed by atoms with Crippen molar-refractivity contribution in [3.05, 3.63) is 99.3 Å². The van der Waals surface area contributed by atoms with E-state index in [9.17, 15) is 0 Å². The molecule has 0 nitrogen and oxygen atoms in total. The van der Waals surface area contributed by atoms with Crippen molar-refractivity contribution >= 4 is 14.7 Å². The molecule has 150 valence electrons. The maximum atomic E-state index is 2.35. The zero-order chi connectivity index (χ0) is 21.4. The molecule has 1 aliphatic rings. The van der Waals surface area contributed by atoms with E-state index in [0.717, 1.165) is 6.42 Å². The lowest BCUT2D eigenvalue weighted by Crippen LogP contribution is -2.20. The van der Waals surface area contributed by atoms with Crippen LogP contribution in [0.5, 0.6) is 0 Å². The van der Waals surface area contributed by atoms with Crippen molar-refractivity contribution in [1.29, 1.82) is 0 Å². The monoisotopic (exact) mass is 406 g/mol. The highest BCUT2D eigenvalue weighted by atomic mass is 28.2. The first-order chi connectivity index (χ1) is 14.3. The van der Waals surface area contributed by atoms with E-state index in [1.165, 1.54) is 60.8 Å². The van der Waals surface area contributed by atoms with Crippen LogP contribution in [-0.4, -0.2) is 9.52 Å². The molecule has 1 aliphatic carbocycles. The molecule has 0 saturated carbocycles. The number of allylic oxidation sites excluding steroid dienone is 4. The fourth-order valence-electron chi connectivity index (χ4n) is 4.69. The highest BCUT2D eigenvalue weighted by Crippen LogP contribution is 2.34. The van der Waals surface area contributed by atoms with Crippen molar-refractivity contribution in [3.8, 4) is 22.3 Å². The fraction of sp³-hybridized carbons (Fsp3) is 0.241. The van der Waals surface area contributed by atoms with Gasteiger partial charge in [-0.1, -0.05) is 104 Å². The van der Waals surface area contributed by atoms with Gasteiger partial charge in [-0.05, 0) is 70.2 Å². The standard InChI is InChI=1S/C29H30Si/c1-18-10-19(2)14-24(13-18)26-8-7-9-27(30-28-17-22(5)12-23(28)6)29(26)25-15-20(3)11-21(4)16-25/h7-16H,17H2,1-6H3. The fourth-order valence-corrected chi connectivity index (χ4v) is 6.23. The second kappa shape index (κ2) is 8.24. The molecule has 3 aromatic rings. The van der Waals surface area contributed by atoms with Gasteiger partial charge in [0.25, 0.3) is 0 Å². The van der Waals surface area contributed by atoms with E-state index in [1.807, 2.05) is 0 Å². The van der Waals surface area contributed by atoms with Gasteiger partial charge in [0, 0.05) is 0 Å². The Morgan fingerprint density at radius 2 is 1.23 bits per heavy atom. The summed E-state index contributed by atoms with van der Waals surface area (Å²) in [5, 5.41) is 3.03. The highest BCUT2D eigenvalue weighted by molar-refractivity contribution is 6.63. The van der Waals surface area contributed by atoms with Gasteiger partial charge in [-0.3, -0.25) is 0 Å². The minimum atomic E-state index is 0.706. The molecule has 0 unspecified atom stereocenters. The van der Waals surface area contributed by atoms with Gasteiger partial charge in [0.05, 0.1) is 0 Å². The second-order valence-corrected chi connectivity index (χ2v) is 10.3. The maximum absolute atomic E-state index is 2.35. The Bertz CT molecular complexity index is 1150. The lowest BCUT2D eigenvalue weighted by atomic mass is 9.91. The Balaban J connectivity index is 1.94. The normalized spacial score (nSPS) is 13.7. The first-order valence-electron chi connectivity index (χ1n) is 10.7. The molecule has 1 heteroatoms. The molecule has 30 heavy (non-hydrogen) atoms. The van der Waals surface area contributed by atoms with Crippen molar-refractivity contribution in [1.82, 2.24) is 0 Å². The summed E-state index contributed by atoms with van der Waals surface area (Å²) in [5.41, 5.74) is 13.6. The quantitative estimate of drug-likeness (QED) is 0.402. The molecule has 0 fully saturated rings. The summed E-state index contributed by atoms with van der Waals surface area (Å²) in [6.07, 6.45) is 3.47. The Morgan fingerprint density at radius 3 is 1.77 bits per heavy atom. The van der Waals surface area contributed by atoms with Crippen molar-refractivity contribution in [2.45, 2.75) is 48.0 Å². The molecule has 0 spiro atoms. The van der Waals surface area contributed by atoms with Crippen molar-refractivity contribution in [2.24, 2.45) is 0 Å². The topological polar surface area (TPSA) is 0 Å².